The molecule has 1 aliphatic carbocycles. The van der Waals surface area contributed by atoms with Crippen LogP contribution in [0.25, 0.3) is 0 Å². The molecule has 3 atom stereocenters. The number of nitrogens with zero attached hydrogens (tertiary/aromatic N) is 1. The highest BCUT2D eigenvalue weighted by atomic mass is 79.9. The molecule has 3 rings (SSSR count). The Morgan fingerprint density at radius 2 is 2.00 bits per heavy atom. The average Bonchev–Trinajstić information content (AvgIpc) is 2.50. The van der Waals surface area contributed by atoms with Crippen LogP contribution in [0.3, 0.4) is 0 Å². The minimum Gasteiger partial charge on any atom is -0.329 e. The predicted molar refractivity (Wildman–Crippen MR) is 92.6 cm³/mol. The zero-order valence-corrected chi connectivity index (χ0v) is 14.7. The fraction of sp³-hybridized carbons (Fsp3) is 0.647. The fourth-order valence-electron chi connectivity index (χ4n) is 4.16. The number of halogens is 2. The number of nitrogens with two attached hydrogens (primary N) is 1. The van der Waals surface area contributed by atoms with E-state index >= 15 is 0 Å². The van der Waals surface area contributed by atoms with Crippen LogP contribution in [-0.2, 0) is 0 Å². The number of likely N-dealkylation sites (tertiary alicyclic amines) is 1. The summed E-state index contributed by atoms with van der Waals surface area (Å²) in [5.41, 5.74) is 7.39. The molecule has 2 N–H and O–H groups in total. The molecule has 0 spiro atoms. The van der Waals surface area contributed by atoms with E-state index in [4.69, 9.17) is 17.3 Å². The van der Waals surface area contributed by atoms with E-state index in [-0.39, 0.29) is 0 Å². The molecule has 1 saturated carbocycles. The highest BCUT2D eigenvalue weighted by molar-refractivity contribution is 9.10. The molecular weight excluding hydrogens is 348 g/mol. The Morgan fingerprint density at radius 1 is 1.24 bits per heavy atom. The first-order valence-electron chi connectivity index (χ1n) is 8.08. The van der Waals surface area contributed by atoms with Crippen LogP contribution in [0, 0.1) is 11.8 Å². The maximum absolute atomic E-state index is 6.12. The Morgan fingerprint density at radius 3 is 2.71 bits per heavy atom. The molecule has 2 fully saturated rings. The van der Waals surface area contributed by atoms with Crippen molar-refractivity contribution in [2.45, 2.75) is 38.1 Å². The van der Waals surface area contributed by atoms with E-state index in [1.165, 1.54) is 50.8 Å². The van der Waals surface area contributed by atoms with Gasteiger partial charge in [0.2, 0.25) is 0 Å². The van der Waals surface area contributed by atoms with Crippen molar-refractivity contribution < 1.29 is 0 Å². The first-order chi connectivity index (χ1) is 10.2. The van der Waals surface area contributed by atoms with Gasteiger partial charge >= 0.3 is 0 Å². The fourth-order valence-corrected chi connectivity index (χ4v) is 5.10. The normalized spacial score (nSPS) is 28.1. The highest BCUT2D eigenvalue weighted by Crippen LogP contribution is 2.39. The van der Waals surface area contributed by atoms with Crippen LogP contribution < -0.4 is 5.73 Å². The highest BCUT2D eigenvalue weighted by Gasteiger charge is 2.34. The second kappa shape index (κ2) is 6.99. The minimum absolute atomic E-state index is 0.305. The summed E-state index contributed by atoms with van der Waals surface area (Å²) in [6, 6.07) is 6.38. The first kappa shape index (κ1) is 15.8. The van der Waals surface area contributed by atoms with Crippen LogP contribution >= 0.6 is 27.5 Å². The topological polar surface area (TPSA) is 29.3 Å². The van der Waals surface area contributed by atoms with Gasteiger partial charge in [0.1, 0.15) is 0 Å². The van der Waals surface area contributed by atoms with Gasteiger partial charge in [0.15, 0.2) is 0 Å². The van der Waals surface area contributed by atoms with Crippen molar-refractivity contribution in [1.82, 2.24) is 4.90 Å². The van der Waals surface area contributed by atoms with Gasteiger partial charge in [-0.1, -0.05) is 52.9 Å². The van der Waals surface area contributed by atoms with Crippen LogP contribution in [-0.4, -0.2) is 24.5 Å². The van der Waals surface area contributed by atoms with E-state index in [1.54, 1.807) is 0 Å². The summed E-state index contributed by atoms with van der Waals surface area (Å²) in [7, 11) is 0. The summed E-state index contributed by atoms with van der Waals surface area (Å²) < 4.78 is 1.08. The van der Waals surface area contributed by atoms with Gasteiger partial charge in [-0.2, -0.15) is 0 Å². The van der Waals surface area contributed by atoms with Gasteiger partial charge in [-0.25, -0.2) is 0 Å². The quantitative estimate of drug-likeness (QED) is 0.840. The average molecular weight is 372 g/mol. The van der Waals surface area contributed by atoms with Crippen LogP contribution in [0.1, 0.15) is 43.7 Å². The Balaban J connectivity index is 1.77. The van der Waals surface area contributed by atoms with Gasteiger partial charge < -0.3 is 5.73 Å². The third kappa shape index (κ3) is 3.47. The smallest absolute Gasteiger partial charge is 0.0481 e. The summed E-state index contributed by atoms with van der Waals surface area (Å²) in [6.07, 6.45) is 7.03. The van der Waals surface area contributed by atoms with Crippen LogP contribution in [0.4, 0.5) is 0 Å². The zero-order chi connectivity index (χ0) is 14.8. The van der Waals surface area contributed by atoms with E-state index in [9.17, 15) is 0 Å². The third-order valence-electron chi connectivity index (χ3n) is 5.31. The molecule has 2 aliphatic rings. The van der Waals surface area contributed by atoms with Crippen LogP contribution in [0.5, 0.6) is 0 Å². The molecule has 1 heterocycles. The number of benzene rings is 1. The summed E-state index contributed by atoms with van der Waals surface area (Å²) >= 11 is 9.72. The summed E-state index contributed by atoms with van der Waals surface area (Å²) in [6.45, 7) is 3.05. The zero-order valence-electron chi connectivity index (χ0n) is 12.4. The van der Waals surface area contributed by atoms with E-state index in [2.05, 4.69) is 26.9 Å². The molecule has 21 heavy (non-hydrogen) atoms. The Kier molecular flexibility index (Phi) is 5.26. The summed E-state index contributed by atoms with van der Waals surface area (Å²) in [4.78, 5) is 2.60. The Hall–Kier alpha value is -0.0900. The van der Waals surface area contributed by atoms with E-state index < -0.39 is 0 Å². The summed E-state index contributed by atoms with van der Waals surface area (Å²) in [5, 5.41) is 0.771. The number of hydrogen-bond acceptors (Lipinski definition) is 2. The third-order valence-corrected chi connectivity index (χ3v) is 6.23. The molecule has 0 radical (unpaired) electrons. The van der Waals surface area contributed by atoms with Crippen molar-refractivity contribution in [3.8, 4) is 0 Å². The van der Waals surface area contributed by atoms with Crippen molar-refractivity contribution in [3.05, 3.63) is 33.3 Å². The molecule has 4 heteroatoms. The Bertz CT molecular complexity index is 494. The van der Waals surface area contributed by atoms with E-state index in [0.717, 1.165) is 21.3 Å². The van der Waals surface area contributed by atoms with Gasteiger partial charge in [-0.15, -0.1) is 0 Å². The van der Waals surface area contributed by atoms with E-state index in [0.29, 0.717) is 12.6 Å². The van der Waals surface area contributed by atoms with Crippen LogP contribution in [0.15, 0.2) is 22.7 Å². The van der Waals surface area contributed by atoms with Gasteiger partial charge in [-0.3, -0.25) is 4.90 Å². The molecule has 3 unspecified atom stereocenters. The lowest BCUT2D eigenvalue weighted by atomic mass is 9.74. The van der Waals surface area contributed by atoms with Crippen molar-refractivity contribution in [1.29, 1.82) is 0 Å². The molecule has 0 bridgehead atoms. The molecular formula is C17H24BrClN2. The Labute approximate surface area is 141 Å². The van der Waals surface area contributed by atoms with Gasteiger partial charge in [0.25, 0.3) is 0 Å². The second-order valence-corrected chi connectivity index (χ2v) is 7.80. The van der Waals surface area contributed by atoms with Crippen molar-refractivity contribution in [2.24, 2.45) is 17.6 Å². The molecule has 0 amide bonds. The van der Waals surface area contributed by atoms with Gasteiger partial charge in [0, 0.05) is 28.6 Å². The molecule has 1 aromatic rings. The van der Waals surface area contributed by atoms with Gasteiger partial charge in [0.05, 0.1) is 0 Å². The first-order valence-corrected chi connectivity index (χ1v) is 9.25. The predicted octanol–water partition coefficient (Wildman–Crippen LogP) is 4.61. The standard InChI is InChI=1S/C17H24BrClN2/c18-16-9-14(19)5-6-15(16)17(10-20)21-8-7-12-3-1-2-4-13(12)11-21/h5-6,9,12-13,17H,1-4,7-8,10-11,20H2. The lowest BCUT2D eigenvalue weighted by Crippen LogP contribution is -2.45. The maximum atomic E-state index is 6.12. The monoisotopic (exact) mass is 370 g/mol. The molecule has 1 aliphatic heterocycles. The van der Waals surface area contributed by atoms with Crippen LogP contribution in [0.2, 0.25) is 5.02 Å². The number of hydrogen-bond donors (Lipinski definition) is 1. The lowest BCUT2D eigenvalue weighted by Gasteiger charge is -2.44. The number of rotatable bonds is 3. The molecule has 116 valence electrons. The second-order valence-electron chi connectivity index (χ2n) is 6.51. The van der Waals surface area contributed by atoms with Crippen molar-refractivity contribution >= 4 is 27.5 Å². The molecule has 1 aromatic carbocycles. The van der Waals surface area contributed by atoms with E-state index in [1.807, 2.05) is 12.1 Å². The summed E-state index contributed by atoms with van der Waals surface area (Å²) in [5.74, 6) is 1.84. The number of fused-ring (bicyclic) bond motifs is 1. The van der Waals surface area contributed by atoms with Gasteiger partial charge in [-0.05, 0) is 48.9 Å². The number of piperidine rings is 1. The molecule has 2 nitrogen and oxygen atoms in total. The van der Waals surface area contributed by atoms with Crippen molar-refractivity contribution in [3.63, 3.8) is 0 Å². The van der Waals surface area contributed by atoms with Crippen molar-refractivity contribution in [2.75, 3.05) is 19.6 Å². The molecule has 0 aromatic heterocycles. The molecule has 1 saturated heterocycles. The minimum atomic E-state index is 0.305. The lowest BCUT2D eigenvalue weighted by molar-refractivity contribution is 0.0584. The maximum Gasteiger partial charge on any atom is 0.0481 e. The SMILES string of the molecule is NCC(c1ccc(Cl)cc1Br)N1CCC2CCCCC2C1. The largest absolute Gasteiger partial charge is 0.329 e.